The van der Waals surface area contributed by atoms with Crippen LogP contribution in [0.5, 0.6) is 0 Å². The molecule has 13 heavy (non-hydrogen) atoms. The molecule has 0 aromatic carbocycles. The second-order valence-electron chi connectivity index (χ2n) is 3.42. The third-order valence-corrected chi connectivity index (χ3v) is 2.51. The first-order chi connectivity index (χ1) is 6.42. The van der Waals surface area contributed by atoms with Gasteiger partial charge in [-0.15, -0.1) is 0 Å². The molecule has 0 spiro atoms. The fourth-order valence-corrected chi connectivity index (χ4v) is 1.80. The highest BCUT2D eigenvalue weighted by Gasteiger charge is 2.21. The van der Waals surface area contributed by atoms with Crippen LogP contribution < -0.4 is 5.32 Å². The Balaban J connectivity index is 2.13. The van der Waals surface area contributed by atoms with E-state index in [0.29, 0.717) is 5.92 Å². The number of rotatable bonds is 2. The number of nitrogens with one attached hydrogen (secondary N) is 1. The van der Waals surface area contributed by atoms with Gasteiger partial charge in [0.15, 0.2) is 0 Å². The topological polar surface area (TPSA) is 58.3 Å². The highest BCUT2D eigenvalue weighted by Crippen LogP contribution is 2.25. The molecule has 0 saturated carbocycles. The van der Waals surface area contributed by atoms with E-state index in [2.05, 4.69) is 10.5 Å². The monoisotopic (exact) mass is 182 g/mol. The molecular formula is C9H14N2O2. The van der Waals surface area contributed by atoms with Crippen LogP contribution in [-0.4, -0.2) is 23.4 Å². The van der Waals surface area contributed by atoms with Crippen LogP contribution in [-0.2, 0) is 6.61 Å². The molecule has 1 atom stereocenters. The van der Waals surface area contributed by atoms with Crippen molar-refractivity contribution in [3.63, 3.8) is 0 Å². The van der Waals surface area contributed by atoms with Gasteiger partial charge < -0.3 is 14.9 Å². The summed E-state index contributed by atoms with van der Waals surface area (Å²) < 4.78 is 5.14. The van der Waals surface area contributed by atoms with Crippen molar-refractivity contribution in [2.45, 2.75) is 25.4 Å². The van der Waals surface area contributed by atoms with Crippen LogP contribution in [0.15, 0.2) is 10.7 Å². The minimum Gasteiger partial charge on any atom is -0.391 e. The summed E-state index contributed by atoms with van der Waals surface area (Å²) in [7, 11) is 0. The second-order valence-corrected chi connectivity index (χ2v) is 3.42. The maximum atomic E-state index is 9.02. The standard InChI is InChI=1S/C9H14N2O2/c12-6-8-5-11-13-9(8)7-2-1-3-10-4-7/h5,7,10,12H,1-4,6H2. The Bertz CT molecular complexity index is 266. The summed E-state index contributed by atoms with van der Waals surface area (Å²) >= 11 is 0. The van der Waals surface area contributed by atoms with Gasteiger partial charge in [-0.2, -0.15) is 0 Å². The molecule has 2 rings (SSSR count). The molecule has 1 aliphatic rings. The molecule has 1 fully saturated rings. The normalized spacial score (nSPS) is 23.3. The van der Waals surface area contributed by atoms with Crippen molar-refractivity contribution in [2.24, 2.45) is 0 Å². The Morgan fingerprint density at radius 3 is 3.31 bits per heavy atom. The molecule has 4 nitrogen and oxygen atoms in total. The van der Waals surface area contributed by atoms with Crippen molar-refractivity contribution in [1.82, 2.24) is 10.5 Å². The molecule has 2 heterocycles. The Morgan fingerprint density at radius 2 is 2.62 bits per heavy atom. The molecule has 1 aliphatic heterocycles. The molecule has 0 amide bonds. The number of piperidine rings is 1. The van der Waals surface area contributed by atoms with Crippen LogP contribution in [0.25, 0.3) is 0 Å². The number of hydrogen-bond acceptors (Lipinski definition) is 4. The molecule has 0 aliphatic carbocycles. The van der Waals surface area contributed by atoms with E-state index in [1.165, 1.54) is 0 Å². The fourth-order valence-electron chi connectivity index (χ4n) is 1.80. The van der Waals surface area contributed by atoms with Crippen LogP contribution in [0, 0.1) is 0 Å². The van der Waals surface area contributed by atoms with Gasteiger partial charge in [-0.3, -0.25) is 0 Å². The molecule has 1 saturated heterocycles. The average molecular weight is 182 g/mol. The van der Waals surface area contributed by atoms with Gasteiger partial charge in [0, 0.05) is 18.0 Å². The van der Waals surface area contributed by atoms with E-state index >= 15 is 0 Å². The fraction of sp³-hybridized carbons (Fsp3) is 0.667. The molecule has 0 bridgehead atoms. The zero-order valence-corrected chi connectivity index (χ0v) is 7.49. The summed E-state index contributed by atoms with van der Waals surface area (Å²) in [6.07, 6.45) is 3.88. The second kappa shape index (κ2) is 3.89. The first-order valence-electron chi connectivity index (χ1n) is 4.67. The van der Waals surface area contributed by atoms with Crippen molar-refractivity contribution in [2.75, 3.05) is 13.1 Å². The maximum absolute atomic E-state index is 9.02. The molecule has 1 aromatic heterocycles. The van der Waals surface area contributed by atoms with Crippen LogP contribution in [0.2, 0.25) is 0 Å². The van der Waals surface area contributed by atoms with Crippen molar-refractivity contribution in [1.29, 1.82) is 0 Å². The van der Waals surface area contributed by atoms with E-state index in [1.807, 2.05) is 0 Å². The Kier molecular flexibility index (Phi) is 2.61. The molecule has 72 valence electrons. The molecule has 1 aromatic rings. The zero-order chi connectivity index (χ0) is 9.10. The first kappa shape index (κ1) is 8.72. The number of aliphatic hydroxyl groups excluding tert-OH is 1. The zero-order valence-electron chi connectivity index (χ0n) is 7.49. The average Bonchev–Trinajstić information content (AvgIpc) is 2.67. The van der Waals surface area contributed by atoms with Gasteiger partial charge in [-0.25, -0.2) is 0 Å². The number of aliphatic hydroxyl groups is 1. The predicted octanol–water partition coefficient (Wildman–Crippen LogP) is 0.634. The van der Waals surface area contributed by atoms with E-state index in [0.717, 1.165) is 37.3 Å². The van der Waals surface area contributed by atoms with Crippen molar-refractivity contribution in [3.8, 4) is 0 Å². The SMILES string of the molecule is OCc1cnoc1C1CCCNC1. The molecular weight excluding hydrogens is 168 g/mol. The summed E-state index contributed by atoms with van der Waals surface area (Å²) in [6, 6.07) is 0. The summed E-state index contributed by atoms with van der Waals surface area (Å²) in [4.78, 5) is 0. The highest BCUT2D eigenvalue weighted by atomic mass is 16.5. The number of nitrogens with zero attached hydrogens (tertiary/aromatic N) is 1. The third kappa shape index (κ3) is 1.73. The van der Waals surface area contributed by atoms with Gasteiger partial charge in [0.25, 0.3) is 0 Å². The van der Waals surface area contributed by atoms with Gasteiger partial charge in [0.2, 0.25) is 0 Å². The van der Waals surface area contributed by atoms with Crippen LogP contribution in [0.3, 0.4) is 0 Å². The first-order valence-corrected chi connectivity index (χ1v) is 4.67. The van der Waals surface area contributed by atoms with Crippen LogP contribution in [0.4, 0.5) is 0 Å². The van der Waals surface area contributed by atoms with Crippen molar-refractivity contribution in [3.05, 3.63) is 17.5 Å². The lowest BCUT2D eigenvalue weighted by molar-refractivity contribution is 0.270. The van der Waals surface area contributed by atoms with Gasteiger partial charge in [-0.1, -0.05) is 5.16 Å². The van der Waals surface area contributed by atoms with Crippen LogP contribution in [0.1, 0.15) is 30.1 Å². The predicted molar refractivity (Wildman–Crippen MR) is 47.3 cm³/mol. The largest absolute Gasteiger partial charge is 0.391 e. The smallest absolute Gasteiger partial charge is 0.146 e. The minimum absolute atomic E-state index is 0.0231. The maximum Gasteiger partial charge on any atom is 0.146 e. The Morgan fingerprint density at radius 1 is 1.69 bits per heavy atom. The van der Waals surface area contributed by atoms with Gasteiger partial charge in [0.1, 0.15) is 5.76 Å². The van der Waals surface area contributed by atoms with E-state index in [-0.39, 0.29) is 6.61 Å². The van der Waals surface area contributed by atoms with Gasteiger partial charge in [0.05, 0.1) is 12.8 Å². The van der Waals surface area contributed by atoms with E-state index in [9.17, 15) is 0 Å². The molecule has 0 radical (unpaired) electrons. The summed E-state index contributed by atoms with van der Waals surface area (Å²) in [6.45, 7) is 2.04. The lowest BCUT2D eigenvalue weighted by Gasteiger charge is -2.20. The molecule has 4 heteroatoms. The number of hydrogen-bond donors (Lipinski definition) is 2. The van der Waals surface area contributed by atoms with E-state index in [4.69, 9.17) is 9.63 Å². The quantitative estimate of drug-likeness (QED) is 0.704. The minimum atomic E-state index is 0.0231. The third-order valence-electron chi connectivity index (χ3n) is 2.51. The van der Waals surface area contributed by atoms with Crippen LogP contribution >= 0.6 is 0 Å². The lowest BCUT2D eigenvalue weighted by atomic mass is 9.95. The van der Waals surface area contributed by atoms with E-state index < -0.39 is 0 Å². The van der Waals surface area contributed by atoms with Crippen molar-refractivity contribution < 1.29 is 9.63 Å². The summed E-state index contributed by atoms with van der Waals surface area (Å²) in [5.41, 5.74) is 0.828. The summed E-state index contributed by atoms with van der Waals surface area (Å²) in [5, 5.41) is 16.0. The molecule has 1 unspecified atom stereocenters. The Labute approximate surface area is 76.9 Å². The lowest BCUT2D eigenvalue weighted by Crippen LogP contribution is -2.28. The van der Waals surface area contributed by atoms with Gasteiger partial charge in [-0.05, 0) is 19.4 Å². The van der Waals surface area contributed by atoms with E-state index in [1.54, 1.807) is 6.20 Å². The summed E-state index contributed by atoms with van der Waals surface area (Å²) in [5.74, 6) is 1.24. The van der Waals surface area contributed by atoms with Gasteiger partial charge >= 0.3 is 0 Å². The number of aromatic nitrogens is 1. The van der Waals surface area contributed by atoms with Crippen molar-refractivity contribution >= 4 is 0 Å². The highest BCUT2D eigenvalue weighted by molar-refractivity contribution is 5.17. The Hall–Kier alpha value is -0.870. The molecule has 2 N–H and O–H groups in total.